The number of rotatable bonds is 2. The highest BCUT2D eigenvalue weighted by molar-refractivity contribution is 5.80. The van der Waals surface area contributed by atoms with Gasteiger partial charge in [0.2, 0.25) is 0 Å². The number of nitrogens with zero attached hydrogens (tertiary/aromatic N) is 1. The van der Waals surface area contributed by atoms with Crippen LogP contribution in [0.25, 0.3) is 0 Å². The van der Waals surface area contributed by atoms with Crippen LogP contribution in [0.5, 0.6) is 0 Å². The summed E-state index contributed by atoms with van der Waals surface area (Å²) in [6.07, 6.45) is 0.406. The van der Waals surface area contributed by atoms with E-state index in [-0.39, 0.29) is 18.0 Å². The average Bonchev–Trinajstić information content (AvgIpc) is 2.55. The minimum atomic E-state index is -0.232. The highest BCUT2D eigenvalue weighted by atomic mass is 16.5. The Labute approximate surface area is 123 Å². The van der Waals surface area contributed by atoms with Crippen LogP contribution in [0, 0.1) is 11.3 Å². The summed E-state index contributed by atoms with van der Waals surface area (Å²) in [5.41, 5.74) is 2.59. The van der Waals surface area contributed by atoms with E-state index in [2.05, 4.69) is 6.07 Å². The number of ether oxygens (including phenoxy) is 1. The van der Waals surface area contributed by atoms with Gasteiger partial charge in [0.05, 0.1) is 23.8 Å². The minimum Gasteiger partial charge on any atom is -0.365 e. The molecule has 0 N–H and O–H groups in total. The van der Waals surface area contributed by atoms with E-state index in [0.29, 0.717) is 18.4 Å². The van der Waals surface area contributed by atoms with Crippen LogP contribution in [0.1, 0.15) is 41.7 Å². The lowest BCUT2D eigenvalue weighted by atomic mass is 9.94. The SMILES string of the molecule is N#Cc1ccc([C@H]2CC(=O)C[C@@H](c3ccccc3)O2)cc1. The van der Waals surface area contributed by atoms with Crippen molar-refractivity contribution in [2.24, 2.45) is 0 Å². The summed E-state index contributed by atoms with van der Waals surface area (Å²) in [4.78, 5) is 12.0. The van der Waals surface area contributed by atoms with Gasteiger partial charge in [0.15, 0.2) is 0 Å². The van der Waals surface area contributed by atoms with Gasteiger partial charge in [-0.1, -0.05) is 42.5 Å². The molecule has 0 bridgehead atoms. The highest BCUT2D eigenvalue weighted by Crippen LogP contribution is 2.36. The molecule has 0 aromatic heterocycles. The zero-order valence-electron chi connectivity index (χ0n) is 11.5. The van der Waals surface area contributed by atoms with Crippen LogP contribution in [0.15, 0.2) is 54.6 Å². The molecule has 1 heterocycles. The van der Waals surface area contributed by atoms with Crippen molar-refractivity contribution in [3.63, 3.8) is 0 Å². The van der Waals surface area contributed by atoms with E-state index < -0.39 is 0 Å². The number of carbonyl (C=O) groups excluding carboxylic acids is 1. The second-order valence-electron chi connectivity index (χ2n) is 5.20. The summed E-state index contributed by atoms with van der Waals surface area (Å²) < 4.78 is 6.10. The molecule has 0 unspecified atom stereocenters. The molecule has 2 atom stereocenters. The molecule has 0 spiro atoms. The second-order valence-corrected chi connectivity index (χ2v) is 5.20. The van der Waals surface area contributed by atoms with Gasteiger partial charge < -0.3 is 4.74 Å². The Kier molecular flexibility index (Phi) is 3.81. The van der Waals surface area contributed by atoms with Crippen LogP contribution < -0.4 is 0 Å². The summed E-state index contributed by atoms with van der Waals surface area (Å²) >= 11 is 0. The Morgan fingerprint density at radius 3 is 2.05 bits per heavy atom. The van der Waals surface area contributed by atoms with Crippen molar-refractivity contribution in [2.75, 3.05) is 0 Å². The Morgan fingerprint density at radius 1 is 0.905 bits per heavy atom. The van der Waals surface area contributed by atoms with Gasteiger partial charge in [0.25, 0.3) is 0 Å². The first-order valence-electron chi connectivity index (χ1n) is 6.98. The lowest BCUT2D eigenvalue weighted by molar-refractivity contribution is -0.136. The third kappa shape index (κ3) is 3.01. The zero-order chi connectivity index (χ0) is 14.7. The van der Waals surface area contributed by atoms with E-state index in [1.807, 2.05) is 42.5 Å². The summed E-state index contributed by atoms with van der Waals surface area (Å²) in [5.74, 6) is 0.212. The fourth-order valence-electron chi connectivity index (χ4n) is 2.62. The van der Waals surface area contributed by atoms with Gasteiger partial charge >= 0.3 is 0 Å². The van der Waals surface area contributed by atoms with Gasteiger partial charge in [-0.2, -0.15) is 5.26 Å². The molecule has 1 aliphatic rings. The predicted molar refractivity (Wildman–Crippen MR) is 78.4 cm³/mol. The van der Waals surface area contributed by atoms with Gasteiger partial charge in [0, 0.05) is 12.8 Å². The number of benzene rings is 2. The Bertz CT molecular complexity index is 671. The molecular formula is C18H15NO2. The molecule has 3 nitrogen and oxygen atoms in total. The second kappa shape index (κ2) is 5.90. The maximum absolute atomic E-state index is 12.0. The van der Waals surface area contributed by atoms with Crippen LogP contribution in [-0.4, -0.2) is 5.78 Å². The number of nitriles is 1. The molecule has 1 saturated heterocycles. The molecule has 1 aliphatic heterocycles. The molecular weight excluding hydrogens is 262 g/mol. The topological polar surface area (TPSA) is 50.1 Å². The first-order chi connectivity index (χ1) is 10.3. The maximum atomic E-state index is 12.0. The molecule has 0 amide bonds. The van der Waals surface area contributed by atoms with Gasteiger partial charge in [0.1, 0.15) is 5.78 Å². The minimum absolute atomic E-state index is 0.187. The van der Waals surface area contributed by atoms with E-state index >= 15 is 0 Å². The Balaban J connectivity index is 1.83. The van der Waals surface area contributed by atoms with E-state index in [1.54, 1.807) is 12.1 Å². The monoisotopic (exact) mass is 277 g/mol. The van der Waals surface area contributed by atoms with E-state index in [4.69, 9.17) is 10.00 Å². The number of hydrogen-bond acceptors (Lipinski definition) is 3. The van der Waals surface area contributed by atoms with Crippen molar-refractivity contribution in [1.29, 1.82) is 5.26 Å². The van der Waals surface area contributed by atoms with E-state index in [0.717, 1.165) is 11.1 Å². The largest absolute Gasteiger partial charge is 0.365 e. The van der Waals surface area contributed by atoms with E-state index in [1.165, 1.54) is 0 Å². The number of ketones is 1. The van der Waals surface area contributed by atoms with Crippen LogP contribution in [0.3, 0.4) is 0 Å². The van der Waals surface area contributed by atoms with Gasteiger partial charge in [-0.05, 0) is 23.3 Å². The highest BCUT2D eigenvalue weighted by Gasteiger charge is 2.29. The zero-order valence-corrected chi connectivity index (χ0v) is 11.5. The molecule has 1 fully saturated rings. The Morgan fingerprint density at radius 2 is 1.48 bits per heavy atom. The fraction of sp³-hybridized carbons (Fsp3) is 0.222. The first kappa shape index (κ1) is 13.5. The molecule has 3 heteroatoms. The summed E-state index contributed by atoms with van der Waals surface area (Å²) in [6, 6.07) is 19.2. The van der Waals surface area contributed by atoms with Crippen molar-refractivity contribution < 1.29 is 9.53 Å². The fourth-order valence-corrected chi connectivity index (χ4v) is 2.62. The number of Topliss-reactive ketones (excluding diaryl/α,β-unsaturated/α-hetero) is 1. The summed E-state index contributed by atoms with van der Waals surface area (Å²) in [7, 11) is 0. The normalized spacial score (nSPS) is 21.8. The third-order valence-electron chi connectivity index (χ3n) is 3.74. The molecule has 2 aromatic rings. The quantitative estimate of drug-likeness (QED) is 0.840. The molecule has 21 heavy (non-hydrogen) atoms. The summed E-state index contributed by atoms with van der Waals surface area (Å²) in [5, 5.41) is 8.84. The maximum Gasteiger partial charge on any atom is 0.138 e. The molecule has 0 aliphatic carbocycles. The van der Waals surface area contributed by atoms with Crippen molar-refractivity contribution in [1.82, 2.24) is 0 Å². The lowest BCUT2D eigenvalue weighted by Gasteiger charge is -2.30. The standard InChI is InChI=1S/C18H15NO2/c19-12-13-6-8-15(9-7-13)18-11-16(20)10-17(21-18)14-4-2-1-3-5-14/h1-9,17-18H,10-11H2/t17-,18+/m0/s1. The molecule has 0 saturated carbocycles. The first-order valence-corrected chi connectivity index (χ1v) is 6.98. The third-order valence-corrected chi connectivity index (χ3v) is 3.74. The van der Waals surface area contributed by atoms with E-state index in [9.17, 15) is 4.79 Å². The van der Waals surface area contributed by atoms with Gasteiger partial charge in [-0.15, -0.1) is 0 Å². The van der Waals surface area contributed by atoms with Crippen molar-refractivity contribution in [3.8, 4) is 6.07 Å². The summed E-state index contributed by atoms with van der Waals surface area (Å²) in [6.45, 7) is 0. The van der Waals surface area contributed by atoms with Crippen LogP contribution in [-0.2, 0) is 9.53 Å². The smallest absolute Gasteiger partial charge is 0.138 e. The van der Waals surface area contributed by atoms with Crippen LogP contribution in [0.4, 0.5) is 0 Å². The van der Waals surface area contributed by atoms with Gasteiger partial charge in [-0.25, -0.2) is 0 Å². The average molecular weight is 277 g/mol. The predicted octanol–water partition coefficient (Wildman–Crippen LogP) is 3.72. The number of carbonyl (C=O) groups is 1. The van der Waals surface area contributed by atoms with Crippen molar-refractivity contribution in [3.05, 3.63) is 71.3 Å². The number of hydrogen-bond donors (Lipinski definition) is 0. The van der Waals surface area contributed by atoms with Crippen LogP contribution in [0.2, 0.25) is 0 Å². The molecule has 2 aromatic carbocycles. The molecule has 104 valence electrons. The van der Waals surface area contributed by atoms with Crippen molar-refractivity contribution >= 4 is 5.78 Å². The van der Waals surface area contributed by atoms with Gasteiger partial charge in [-0.3, -0.25) is 4.79 Å². The van der Waals surface area contributed by atoms with Crippen molar-refractivity contribution in [2.45, 2.75) is 25.0 Å². The van der Waals surface area contributed by atoms with Crippen LogP contribution >= 0.6 is 0 Å². The molecule has 0 radical (unpaired) electrons. The molecule has 3 rings (SSSR count). The lowest BCUT2D eigenvalue weighted by Crippen LogP contribution is -2.23. The Hall–Kier alpha value is -2.44.